The molecular weight excluding hydrogens is 536 g/mol. The second kappa shape index (κ2) is 13.0. The number of methoxy groups -OCH3 is 1. The Balaban J connectivity index is 1.82. The number of halogens is 2. The normalized spacial score (nSPS) is 15.6. The van der Waals surface area contributed by atoms with Crippen molar-refractivity contribution in [3.63, 3.8) is 0 Å². The van der Waals surface area contributed by atoms with E-state index in [0.717, 1.165) is 18.7 Å². The maximum absolute atomic E-state index is 15.4. The lowest BCUT2D eigenvalue weighted by molar-refractivity contribution is -0.387. The monoisotopic (exact) mass is 571 g/mol. The predicted molar refractivity (Wildman–Crippen MR) is 149 cm³/mol. The zero-order chi connectivity index (χ0) is 30.5. The van der Waals surface area contributed by atoms with Crippen molar-refractivity contribution < 1.29 is 32.8 Å². The van der Waals surface area contributed by atoms with Crippen molar-refractivity contribution >= 4 is 17.6 Å². The van der Waals surface area contributed by atoms with Crippen LogP contribution in [0.15, 0.2) is 65.0 Å². The molecule has 0 bridgehead atoms. The second-order valence-corrected chi connectivity index (χ2v) is 10.9. The lowest BCUT2D eigenvalue weighted by Gasteiger charge is -2.32. The van der Waals surface area contributed by atoms with Crippen molar-refractivity contribution in [2.24, 2.45) is 5.41 Å². The van der Waals surface area contributed by atoms with Gasteiger partial charge in [0.25, 0.3) is 0 Å². The number of nitrogens with zero attached hydrogens (tertiary/aromatic N) is 2. The van der Waals surface area contributed by atoms with E-state index in [4.69, 9.17) is 9.47 Å². The number of carbonyl (C=O) groups is 2. The third kappa shape index (κ3) is 7.55. The van der Waals surface area contributed by atoms with Gasteiger partial charge in [0, 0.05) is 41.5 Å². The van der Waals surface area contributed by atoms with Gasteiger partial charge in [0.15, 0.2) is 0 Å². The van der Waals surface area contributed by atoms with Gasteiger partial charge in [-0.15, -0.1) is 0 Å². The Labute approximate surface area is 238 Å². The summed E-state index contributed by atoms with van der Waals surface area (Å²) >= 11 is 0. The first-order valence-electron chi connectivity index (χ1n) is 13.1. The standard InChI is InChI=1S/C30H35F2N3O6/c1-18-24(28(36)40-6)26(22-8-7-9-23(27(22)32)35(38)39)25(19(2)33-18)29(37)41-17-30(3,4)16-34(5)15-14-20-10-12-21(31)13-11-20/h7-13,26,33H,14-17H2,1-6H3. The lowest BCUT2D eigenvalue weighted by Crippen LogP contribution is -2.37. The molecule has 0 amide bonds. The van der Waals surface area contributed by atoms with E-state index in [-0.39, 0.29) is 29.1 Å². The van der Waals surface area contributed by atoms with Crippen molar-refractivity contribution in [2.75, 3.05) is 33.9 Å². The molecule has 0 saturated carbocycles. The number of allylic oxidation sites excluding steroid dienone is 2. The molecule has 220 valence electrons. The van der Waals surface area contributed by atoms with Crippen molar-refractivity contribution in [3.8, 4) is 0 Å². The van der Waals surface area contributed by atoms with Crippen LogP contribution in [0.3, 0.4) is 0 Å². The molecule has 1 unspecified atom stereocenters. The topological polar surface area (TPSA) is 111 Å². The number of carbonyl (C=O) groups excluding carboxylic acids is 2. The molecule has 2 aromatic carbocycles. The number of benzene rings is 2. The van der Waals surface area contributed by atoms with Gasteiger partial charge in [-0.2, -0.15) is 4.39 Å². The number of nitro benzene ring substituents is 1. The molecule has 0 aliphatic carbocycles. The first-order valence-corrected chi connectivity index (χ1v) is 13.1. The van der Waals surface area contributed by atoms with Crippen LogP contribution in [0, 0.1) is 27.2 Å². The van der Waals surface area contributed by atoms with Gasteiger partial charge in [0.2, 0.25) is 5.82 Å². The SMILES string of the molecule is COC(=O)C1=C(C)NC(C)=C(C(=O)OCC(C)(C)CN(C)CCc2ccc(F)cc2)C1c1cccc([N+](=O)[O-])c1F. The fourth-order valence-corrected chi connectivity index (χ4v) is 5.02. The molecule has 0 spiro atoms. The minimum atomic E-state index is -1.29. The molecule has 1 heterocycles. The van der Waals surface area contributed by atoms with Crippen LogP contribution in [0.1, 0.15) is 44.7 Å². The highest BCUT2D eigenvalue weighted by atomic mass is 19.1. The van der Waals surface area contributed by atoms with Crippen LogP contribution in [0.25, 0.3) is 0 Å². The van der Waals surface area contributed by atoms with Crippen molar-refractivity contribution in [1.82, 2.24) is 10.2 Å². The van der Waals surface area contributed by atoms with Gasteiger partial charge in [-0.05, 0) is 45.0 Å². The number of rotatable bonds is 11. The molecule has 11 heteroatoms. The predicted octanol–water partition coefficient (Wildman–Crippen LogP) is 5.02. The Bertz CT molecular complexity index is 1390. The largest absolute Gasteiger partial charge is 0.466 e. The smallest absolute Gasteiger partial charge is 0.336 e. The number of nitrogens with one attached hydrogen (secondary N) is 1. The van der Waals surface area contributed by atoms with Gasteiger partial charge in [-0.1, -0.05) is 38.1 Å². The molecule has 1 N–H and O–H groups in total. The minimum absolute atomic E-state index is 0.00386. The number of dihydropyridines is 1. The van der Waals surface area contributed by atoms with Gasteiger partial charge in [0.1, 0.15) is 5.82 Å². The van der Waals surface area contributed by atoms with Gasteiger partial charge < -0.3 is 19.7 Å². The fourth-order valence-electron chi connectivity index (χ4n) is 5.02. The minimum Gasteiger partial charge on any atom is -0.466 e. The molecular formula is C30H35F2N3O6. The summed E-state index contributed by atoms with van der Waals surface area (Å²) in [4.78, 5) is 39.0. The van der Waals surface area contributed by atoms with Crippen LogP contribution in [0.2, 0.25) is 0 Å². The zero-order valence-corrected chi connectivity index (χ0v) is 24.0. The van der Waals surface area contributed by atoms with Crippen LogP contribution in [-0.2, 0) is 25.5 Å². The maximum Gasteiger partial charge on any atom is 0.336 e. The first-order chi connectivity index (χ1) is 19.3. The summed E-state index contributed by atoms with van der Waals surface area (Å²) < 4.78 is 39.3. The molecule has 0 saturated heterocycles. The van der Waals surface area contributed by atoms with E-state index in [1.807, 2.05) is 20.9 Å². The van der Waals surface area contributed by atoms with E-state index in [9.17, 15) is 24.1 Å². The quantitative estimate of drug-likeness (QED) is 0.227. The molecule has 1 aliphatic rings. The van der Waals surface area contributed by atoms with Gasteiger partial charge in [-0.25, -0.2) is 14.0 Å². The maximum atomic E-state index is 15.4. The van der Waals surface area contributed by atoms with E-state index in [0.29, 0.717) is 30.9 Å². The summed E-state index contributed by atoms with van der Waals surface area (Å²) in [6.45, 7) is 8.28. The van der Waals surface area contributed by atoms with E-state index in [1.54, 1.807) is 26.0 Å². The molecule has 0 radical (unpaired) electrons. The summed E-state index contributed by atoms with van der Waals surface area (Å²) in [5.74, 6) is -4.34. The Morgan fingerprint density at radius 1 is 1.05 bits per heavy atom. The fraction of sp³-hybridized carbons (Fsp3) is 0.400. The van der Waals surface area contributed by atoms with Crippen molar-refractivity contribution in [2.45, 2.75) is 40.0 Å². The molecule has 3 rings (SSSR count). The molecule has 1 aliphatic heterocycles. The average molecular weight is 572 g/mol. The summed E-state index contributed by atoms with van der Waals surface area (Å²) in [5, 5.41) is 14.4. The third-order valence-electron chi connectivity index (χ3n) is 6.89. The van der Waals surface area contributed by atoms with E-state index < -0.39 is 39.7 Å². The number of likely N-dealkylation sites (N-methyl/N-ethyl adjacent to an activating group) is 1. The Kier molecular flexibility index (Phi) is 9.98. The number of ether oxygens (including phenoxy) is 2. The van der Waals surface area contributed by atoms with Crippen LogP contribution in [-0.4, -0.2) is 55.6 Å². The Hall–Kier alpha value is -4.12. The lowest BCUT2D eigenvalue weighted by atomic mass is 9.80. The van der Waals surface area contributed by atoms with Crippen LogP contribution in [0.5, 0.6) is 0 Å². The zero-order valence-electron chi connectivity index (χ0n) is 24.0. The first kappa shape index (κ1) is 31.4. The molecule has 9 nitrogen and oxygen atoms in total. The third-order valence-corrected chi connectivity index (χ3v) is 6.89. The van der Waals surface area contributed by atoms with E-state index >= 15 is 4.39 Å². The van der Waals surface area contributed by atoms with Crippen LogP contribution < -0.4 is 5.32 Å². The van der Waals surface area contributed by atoms with Gasteiger partial charge in [-0.3, -0.25) is 10.1 Å². The van der Waals surface area contributed by atoms with Crippen molar-refractivity contribution in [1.29, 1.82) is 0 Å². The molecule has 0 aromatic heterocycles. The Morgan fingerprint density at radius 2 is 1.66 bits per heavy atom. The number of nitro groups is 1. The average Bonchev–Trinajstić information content (AvgIpc) is 2.90. The number of esters is 2. The van der Waals surface area contributed by atoms with E-state index in [1.165, 1.54) is 24.3 Å². The summed E-state index contributed by atoms with van der Waals surface area (Å²) in [5.41, 5.74) is 0.0614. The highest BCUT2D eigenvalue weighted by molar-refractivity contribution is 6.00. The highest BCUT2D eigenvalue weighted by Crippen LogP contribution is 2.41. The van der Waals surface area contributed by atoms with Crippen molar-refractivity contribution in [3.05, 3.63) is 97.9 Å². The molecule has 41 heavy (non-hydrogen) atoms. The van der Waals surface area contributed by atoms with E-state index in [2.05, 4.69) is 10.2 Å². The van der Waals surface area contributed by atoms with Gasteiger partial charge >= 0.3 is 17.6 Å². The summed E-state index contributed by atoms with van der Waals surface area (Å²) in [6.07, 6.45) is 0.711. The molecule has 2 aromatic rings. The molecule has 1 atom stereocenters. The summed E-state index contributed by atoms with van der Waals surface area (Å²) in [6, 6.07) is 9.93. The Morgan fingerprint density at radius 3 is 2.24 bits per heavy atom. The highest BCUT2D eigenvalue weighted by Gasteiger charge is 2.41. The number of hydrogen-bond donors (Lipinski definition) is 1. The molecule has 0 fully saturated rings. The van der Waals surface area contributed by atoms with Crippen LogP contribution >= 0.6 is 0 Å². The second-order valence-electron chi connectivity index (χ2n) is 10.9. The number of hydrogen-bond acceptors (Lipinski definition) is 8. The van der Waals surface area contributed by atoms with Crippen LogP contribution in [0.4, 0.5) is 14.5 Å². The van der Waals surface area contributed by atoms with Gasteiger partial charge in [0.05, 0.1) is 35.7 Å². The summed E-state index contributed by atoms with van der Waals surface area (Å²) in [7, 11) is 3.09.